The first kappa shape index (κ1) is 20.1. The van der Waals surface area contributed by atoms with Crippen LogP contribution in [0.15, 0.2) is 66.8 Å². The van der Waals surface area contributed by atoms with Gasteiger partial charge in [-0.05, 0) is 24.3 Å². The molecule has 0 bridgehead atoms. The van der Waals surface area contributed by atoms with E-state index in [0.29, 0.717) is 34.0 Å². The Labute approximate surface area is 179 Å². The lowest BCUT2D eigenvalue weighted by atomic mass is 9.94. The Morgan fingerprint density at radius 1 is 1.06 bits per heavy atom. The fraction of sp³-hybridized carbons (Fsp3) is 0.167. The lowest BCUT2D eigenvalue weighted by molar-refractivity contribution is -0.445. The molecule has 1 aliphatic carbocycles. The summed E-state index contributed by atoms with van der Waals surface area (Å²) in [6.07, 6.45) is 7.11. The van der Waals surface area contributed by atoms with Crippen LogP contribution in [0.5, 0.6) is 11.5 Å². The Morgan fingerprint density at radius 3 is 2.58 bits per heavy atom. The van der Waals surface area contributed by atoms with Crippen molar-refractivity contribution < 1.29 is 23.6 Å². The number of hydrogen-bond donors (Lipinski definition) is 0. The fourth-order valence-electron chi connectivity index (χ4n) is 3.76. The SMILES string of the molecule is COc1ccc(N2C(=O)C3C=CC=CC3=[N+](Cc3ccccc3C#N)C2=O)cc1OC. The van der Waals surface area contributed by atoms with Crippen molar-refractivity contribution in [3.05, 3.63) is 77.9 Å². The summed E-state index contributed by atoms with van der Waals surface area (Å²) in [5.74, 6) is -0.0470. The van der Waals surface area contributed by atoms with Crippen molar-refractivity contribution in [2.75, 3.05) is 19.1 Å². The molecule has 154 valence electrons. The summed E-state index contributed by atoms with van der Waals surface area (Å²) in [5, 5.41) is 9.45. The monoisotopic (exact) mass is 414 g/mol. The highest BCUT2D eigenvalue weighted by Crippen LogP contribution is 2.34. The number of fused-ring (bicyclic) bond motifs is 1. The quantitative estimate of drug-likeness (QED) is 0.700. The van der Waals surface area contributed by atoms with Crippen LogP contribution in [0.4, 0.5) is 10.5 Å². The number of methoxy groups -OCH3 is 2. The third kappa shape index (κ3) is 3.49. The molecule has 1 aliphatic heterocycles. The minimum atomic E-state index is -0.606. The van der Waals surface area contributed by atoms with Crippen molar-refractivity contribution in [2.24, 2.45) is 5.92 Å². The number of carbonyl (C=O) groups excluding carboxylic acids is 2. The van der Waals surface area contributed by atoms with E-state index in [2.05, 4.69) is 6.07 Å². The summed E-state index contributed by atoms with van der Waals surface area (Å²) >= 11 is 0. The van der Waals surface area contributed by atoms with E-state index in [4.69, 9.17) is 9.47 Å². The van der Waals surface area contributed by atoms with Gasteiger partial charge in [0.2, 0.25) is 0 Å². The predicted molar refractivity (Wildman–Crippen MR) is 114 cm³/mol. The molecule has 1 unspecified atom stereocenters. The summed E-state index contributed by atoms with van der Waals surface area (Å²) in [4.78, 5) is 28.0. The van der Waals surface area contributed by atoms with E-state index in [1.54, 1.807) is 65.3 Å². The van der Waals surface area contributed by atoms with Crippen molar-refractivity contribution in [3.63, 3.8) is 0 Å². The first-order chi connectivity index (χ1) is 15.1. The minimum absolute atomic E-state index is 0.170. The molecule has 0 spiro atoms. The van der Waals surface area contributed by atoms with Gasteiger partial charge in [-0.2, -0.15) is 14.6 Å². The summed E-state index contributed by atoms with van der Waals surface area (Å²) in [7, 11) is 3.01. The molecule has 1 heterocycles. The third-order valence-electron chi connectivity index (χ3n) is 5.31. The number of rotatable bonds is 5. The molecule has 31 heavy (non-hydrogen) atoms. The summed E-state index contributed by atoms with van der Waals surface area (Å²) in [6, 6.07) is 13.7. The van der Waals surface area contributed by atoms with E-state index in [9.17, 15) is 14.9 Å². The highest BCUT2D eigenvalue weighted by Gasteiger charge is 2.48. The van der Waals surface area contributed by atoms with E-state index < -0.39 is 11.9 Å². The number of urea groups is 1. The van der Waals surface area contributed by atoms with Crippen LogP contribution in [0.3, 0.4) is 0 Å². The fourth-order valence-corrected chi connectivity index (χ4v) is 3.76. The second kappa shape index (κ2) is 8.28. The molecule has 3 amide bonds. The first-order valence-corrected chi connectivity index (χ1v) is 9.66. The highest BCUT2D eigenvalue weighted by molar-refractivity contribution is 6.25. The lowest BCUT2D eigenvalue weighted by Crippen LogP contribution is -2.54. The molecule has 1 atom stereocenters. The zero-order chi connectivity index (χ0) is 22.0. The molecule has 0 radical (unpaired) electrons. The van der Waals surface area contributed by atoms with Crippen LogP contribution in [0.2, 0.25) is 0 Å². The molecule has 0 saturated heterocycles. The van der Waals surface area contributed by atoms with Crippen LogP contribution in [0, 0.1) is 17.2 Å². The van der Waals surface area contributed by atoms with Crippen molar-refractivity contribution in [1.29, 1.82) is 5.26 Å². The molecule has 0 N–H and O–H groups in total. The number of hydrogen-bond acceptors (Lipinski definition) is 5. The van der Waals surface area contributed by atoms with Crippen molar-refractivity contribution in [3.8, 4) is 17.6 Å². The largest absolute Gasteiger partial charge is 0.506 e. The van der Waals surface area contributed by atoms with Gasteiger partial charge in [-0.1, -0.05) is 36.4 Å². The Hall–Kier alpha value is -4.18. The summed E-state index contributed by atoms with van der Waals surface area (Å²) < 4.78 is 12.1. The van der Waals surface area contributed by atoms with E-state index in [1.165, 1.54) is 14.2 Å². The van der Waals surface area contributed by atoms with Crippen molar-refractivity contribution in [2.45, 2.75) is 6.54 Å². The standard InChI is InChI=1S/C24H20N3O4/c1-30-21-12-11-18(13-22(21)31-2)27-23(28)19-9-5-6-10-20(19)26(24(27)29)15-17-8-4-3-7-16(17)14-25/h3-13,19H,15H2,1-2H3/q+1. The average Bonchev–Trinajstić information content (AvgIpc) is 2.82. The second-order valence-corrected chi connectivity index (χ2v) is 7.00. The first-order valence-electron chi connectivity index (χ1n) is 9.66. The van der Waals surface area contributed by atoms with Gasteiger partial charge >= 0.3 is 11.9 Å². The molecular weight excluding hydrogens is 394 g/mol. The summed E-state index contributed by atoms with van der Waals surface area (Å²) in [5.41, 5.74) is 2.15. The number of ether oxygens (including phenoxy) is 2. The maximum atomic E-state index is 13.5. The zero-order valence-electron chi connectivity index (χ0n) is 17.1. The number of nitrogens with zero attached hydrogens (tertiary/aromatic N) is 3. The Morgan fingerprint density at radius 2 is 1.84 bits per heavy atom. The van der Waals surface area contributed by atoms with Gasteiger partial charge in [-0.3, -0.25) is 0 Å². The number of amides is 3. The number of carbonyl (C=O) groups is 2. The van der Waals surface area contributed by atoms with Gasteiger partial charge < -0.3 is 9.47 Å². The van der Waals surface area contributed by atoms with Crippen LogP contribution in [-0.4, -0.2) is 36.4 Å². The van der Waals surface area contributed by atoms with E-state index in [1.807, 2.05) is 6.07 Å². The molecule has 2 aromatic rings. The number of imide groups is 1. The smallest absolute Gasteiger partial charge is 0.493 e. The molecule has 2 aromatic carbocycles. The minimum Gasteiger partial charge on any atom is -0.493 e. The normalized spacial score (nSPS) is 17.5. The second-order valence-electron chi connectivity index (χ2n) is 7.00. The number of anilines is 1. The van der Waals surface area contributed by atoms with E-state index >= 15 is 0 Å². The number of nitriles is 1. The predicted octanol–water partition coefficient (Wildman–Crippen LogP) is 3.44. The third-order valence-corrected chi connectivity index (χ3v) is 5.31. The van der Waals surface area contributed by atoms with Gasteiger partial charge in [0.25, 0.3) is 0 Å². The van der Waals surface area contributed by atoms with E-state index in [-0.39, 0.29) is 12.5 Å². The maximum Gasteiger partial charge on any atom is 0.506 e. The highest BCUT2D eigenvalue weighted by atomic mass is 16.5. The Balaban J connectivity index is 1.82. The van der Waals surface area contributed by atoms with E-state index in [0.717, 1.165) is 4.90 Å². The topological polar surface area (TPSA) is 82.6 Å². The molecule has 0 fully saturated rings. The maximum absolute atomic E-state index is 13.5. The Bertz CT molecular complexity index is 1200. The molecular formula is C24H20N3O4+. The summed E-state index contributed by atoms with van der Waals surface area (Å²) in [6.45, 7) is 0.170. The number of benzene rings is 2. The van der Waals surface area contributed by atoms with Crippen LogP contribution < -0.4 is 14.4 Å². The van der Waals surface area contributed by atoms with Crippen molar-refractivity contribution >= 4 is 23.3 Å². The van der Waals surface area contributed by atoms with Crippen molar-refractivity contribution in [1.82, 2.24) is 0 Å². The molecule has 4 rings (SSSR count). The zero-order valence-corrected chi connectivity index (χ0v) is 17.1. The Kier molecular flexibility index (Phi) is 5.37. The van der Waals surface area contributed by atoms with Gasteiger partial charge in [-0.15, -0.1) is 4.90 Å². The van der Waals surface area contributed by atoms with Crippen LogP contribution in [0.1, 0.15) is 11.1 Å². The van der Waals surface area contributed by atoms with Gasteiger partial charge in [0.15, 0.2) is 11.5 Å². The molecule has 2 aliphatic rings. The molecule has 7 nitrogen and oxygen atoms in total. The van der Waals surface area contributed by atoms with Crippen LogP contribution >= 0.6 is 0 Å². The molecule has 7 heteroatoms. The molecule has 0 aromatic heterocycles. The van der Waals surface area contributed by atoms with Crippen LogP contribution in [-0.2, 0) is 11.3 Å². The van der Waals surface area contributed by atoms with Gasteiger partial charge in [-0.25, -0.2) is 4.79 Å². The van der Waals surface area contributed by atoms with Gasteiger partial charge in [0.05, 0.1) is 25.9 Å². The molecule has 0 saturated carbocycles. The average molecular weight is 414 g/mol. The van der Waals surface area contributed by atoms with Gasteiger partial charge in [0, 0.05) is 11.6 Å². The van der Waals surface area contributed by atoms with Gasteiger partial charge in [0.1, 0.15) is 23.9 Å². The lowest BCUT2D eigenvalue weighted by Gasteiger charge is -2.27. The van der Waals surface area contributed by atoms with Crippen LogP contribution in [0.25, 0.3) is 0 Å². The number of allylic oxidation sites excluding steroid dienone is 3.